The molecule has 1 aliphatic rings. The van der Waals surface area contributed by atoms with E-state index in [1.54, 1.807) is 12.1 Å². The molecule has 0 unspecified atom stereocenters. The minimum absolute atomic E-state index is 0.196. The van der Waals surface area contributed by atoms with Crippen molar-refractivity contribution in [1.29, 1.82) is 0 Å². The zero-order chi connectivity index (χ0) is 19.1. The molecule has 0 aliphatic carbocycles. The minimum atomic E-state index is -3.56. The SMILES string of the molecule is O=S(=O)(c1cccc2ccccc12)N1CC(Oc2ccc3ccccc3n2)C1. The third-order valence-electron chi connectivity index (χ3n) is 5.04. The van der Waals surface area contributed by atoms with Crippen LogP contribution in [-0.4, -0.2) is 36.9 Å². The van der Waals surface area contributed by atoms with Gasteiger partial charge in [0.1, 0.15) is 6.10 Å². The van der Waals surface area contributed by atoms with Crippen LogP contribution >= 0.6 is 0 Å². The first kappa shape index (κ1) is 17.2. The van der Waals surface area contributed by atoms with E-state index in [1.807, 2.05) is 66.7 Å². The van der Waals surface area contributed by atoms with Crippen LogP contribution in [0.25, 0.3) is 21.7 Å². The molecule has 3 aromatic carbocycles. The molecule has 6 heteroatoms. The highest BCUT2D eigenvalue weighted by atomic mass is 32.2. The average molecular weight is 390 g/mol. The van der Waals surface area contributed by atoms with E-state index in [0.29, 0.717) is 23.9 Å². The van der Waals surface area contributed by atoms with Gasteiger partial charge in [0.05, 0.1) is 23.5 Å². The van der Waals surface area contributed by atoms with E-state index in [0.717, 1.165) is 21.7 Å². The molecule has 0 atom stereocenters. The third-order valence-corrected chi connectivity index (χ3v) is 6.93. The van der Waals surface area contributed by atoms with Crippen molar-refractivity contribution in [2.45, 2.75) is 11.0 Å². The summed E-state index contributed by atoms with van der Waals surface area (Å²) in [6.07, 6.45) is -0.196. The van der Waals surface area contributed by atoms with Crippen LogP contribution in [0.4, 0.5) is 0 Å². The van der Waals surface area contributed by atoms with E-state index in [-0.39, 0.29) is 6.10 Å². The lowest BCUT2D eigenvalue weighted by atomic mass is 10.1. The largest absolute Gasteiger partial charge is 0.472 e. The maximum Gasteiger partial charge on any atom is 0.243 e. The summed E-state index contributed by atoms with van der Waals surface area (Å²) in [5.74, 6) is 0.519. The first-order valence-corrected chi connectivity index (χ1v) is 10.6. The van der Waals surface area contributed by atoms with Crippen molar-refractivity contribution in [1.82, 2.24) is 9.29 Å². The van der Waals surface area contributed by atoms with Crippen molar-refractivity contribution < 1.29 is 13.2 Å². The van der Waals surface area contributed by atoms with Gasteiger partial charge in [-0.2, -0.15) is 4.31 Å². The molecule has 0 spiro atoms. The third kappa shape index (κ3) is 2.91. The fourth-order valence-corrected chi connectivity index (χ4v) is 5.23. The van der Waals surface area contributed by atoms with Gasteiger partial charge in [0.2, 0.25) is 15.9 Å². The zero-order valence-electron chi connectivity index (χ0n) is 15.0. The van der Waals surface area contributed by atoms with Crippen LogP contribution in [0.2, 0.25) is 0 Å². The normalized spacial score (nSPS) is 15.6. The molecule has 140 valence electrons. The Labute approximate surface area is 163 Å². The number of sulfonamides is 1. The van der Waals surface area contributed by atoms with Crippen LogP contribution in [0, 0.1) is 0 Å². The summed E-state index contributed by atoms with van der Waals surface area (Å²) in [5.41, 5.74) is 0.861. The molecular weight excluding hydrogens is 372 g/mol. The van der Waals surface area contributed by atoms with Crippen molar-refractivity contribution in [2.75, 3.05) is 13.1 Å². The van der Waals surface area contributed by atoms with Crippen LogP contribution in [0.15, 0.2) is 83.8 Å². The number of para-hydroxylation sites is 1. The van der Waals surface area contributed by atoms with Crippen LogP contribution < -0.4 is 4.74 Å². The fraction of sp³-hybridized carbons (Fsp3) is 0.136. The summed E-state index contributed by atoms with van der Waals surface area (Å²) in [4.78, 5) is 4.83. The molecule has 5 rings (SSSR count). The number of benzene rings is 3. The molecule has 1 aromatic heterocycles. The molecule has 28 heavy (non-hydrogen) atoms. The second kappa shape index (κ2) is 6.58. The lowest BCUT2D eigenvalue weighted by Crippen LogP contribution is -2.56. The molecule has 0 saturated carbocycles. The Morgan fingerprint density at radius 2 is 1.54 bits per heavy atom. The molecule has 2 heterocycles. The second-order valence-corrected chi connectivity index (χ2v) is 8.79. The molecular formula is C22H18N2O3S. The molecule has 1 saturated heterocycles. The Morgan fingerprint density at radius 1 is 0.821 bits per heavy atom. The zero-order valence-corrected chi connectivity index (χ0v) is 15.8. The van der Waals surface area contributed by atoms with E-state index in [9.17, 15) is 8.42 Å². The number of pyridine rings is 1. The Kier molecular flexibility index (Phi) is 4.03. The summed E-state index contributed by atoms with van der Waals surface area (Å²) in [7, 11) is -3.56. The van der Waals surface area contributed by atoms with Gasteiger partial charge >= 0.3 is 0 Å². The molecule has 0 bridgehead atoms. The number of fused-ring (bicyclic) bond motifs is 2. The highest BCUT2D eigenvalue weighted by Crippen LogP contribution is 2.29. The molecule has 1 fully saturated rings. The van der Waals surface area contributed by atoms with E-state index < -0.39 is 10.0 Å². The maximum absolute atomic E-state index is 13.1. The number of nitrogens with zero attached hydrogens (tertiary/aromatic N) is 2. The molecule has 0 radical (unpaired) electrons. The highest BCUT2D eigenvalue weighted by molar-refractivity contribution is 7.89. The maximum atomic E-state index is 13.1. The van der Waals surface area contributed by atoms with Gasteiger partial charge in [-0.25, -0.2) is 13.4 Å². The van der Waals surface area contributed by atoms with Crippen molar-refractivity contribution in [2.24, 2.45) is 0 Å². The van der Waals surface area contributed by atoms with Gasteiger partial charge in [0.15, 0.2) is 0 Å². The van der Waals surface area contributed by atoms with Gasteiger partial charge < -0.3 is 4.74 Å². The Bertz CT molecular complexity index is 1280. The van der Waals surface area contributed by atoms with Crippen LogP contribution in [0.1, 0.15) is 0 Å². The summed E-state index contributed by atoms with van der Waals surface area (Å²) in [6, 6.07) is 24.5. The summed E-state index contributed by atoms with van der Waals surface area (Å²) in [6.45, 7) is 0.639. The number of ether oxygens (including phenoxy) is 1. The van der Waals surface area contributed by atoms with E-state index in [4.69, 9.17) is 4.74 Å². The molecule has 1 aliphatic heterocycles. The highest BCUT2D eigenvalue weighted by Gasteiger charge is 2.39. The number of hydrogen-bond donors (Lipinski definition) is 0. The fourth-order valence-electron chi connectivity index (χ4n) is 3.52. The van der Waals surface area contributed by atoms with Gasteiger partial charge in [-0.15, -0.1) is 0 Å². The first-order chi connectivity index (χ1) is 13.6. The van der Waals surface area contributed by atoms with Gasteiger partial charge in [0, 0.05) is 16.8 Å². The van der Waals surface area contributed by atoms with Crippen molar-refractivity contribution in [3.8, 4) is 5.88 Å². The molecule has 0 N–H and O–H groups in total. The molecule has 5 nitrogen and oxygen atoms in total. The smallest absolute Gasteiger partial charge is 0.243 e. The Morgan fingerprint density at radius 3 is 2.39 bits per heavy atom. The average Bonchev–Trinajstić information content (AvgIpc) is 2.69. The first-order valence-electron chi connectivity index (χ1n) is 9.12. The Hall–Kier alpha value is -2.96. The van der Waals surface area contributed by atoms with Gasteiger partial charge in [-0.05, 0) is 23.6 Å². The minimum Gasteiger partial charge on any atom is -0.472 e. The van der Waals surface area contributed by atoms with Crippen molar-refractivity contribution in [3.63, 3.8) is 0 Å². The second-order valence-electron chi connectivity index (χ2n) is 6.88. The number of aromatic nitrogens is 1. The predicted octanol–water partition coefficient (Wildman–Crippen LogP) is 3.84. The van der Waals surface area contributed by atoms with Gasteiger partial charge in [0.25, 0.3) is 0 Å². The van der Waals surface area contributed by atoms with E-state index in [2.05, 4.69) is 4.98 Å². The van der Waals surface area contributed by atoms with E-state index in [1.165, 1.54) is 4.31 Å². The lowest BCUT2D eigenvalue weighted by molar-refractivity contribution is 0.0724. The number of rotatable bonds is 4. The summed E-state index contributed by atoms with van der Waals surface area (Å²) < 4.78 is 33.5. The van der Waals surface area contributed by atoms with Crippen LogP contribution in [0.3, 0.4) is 0 Å². The Balaban J connectivity index is 1.34. The standard InChI is InChI=1S/C22H18N2O3S/c25-28(26,21-11-5-8-16-6-1-3-9-19(16)21)24-14-18(15-24)27-22-13-12-17-7-2-4-10-20(17)23-22/h1-13,18H,14-15H2. The van der Waals surface area contributed by atoms with E-state index >= 15 is 0 Å². The number of hydrogen-bond acceptors (Lipinski definition) is 4. The van der Waals surface area contributed by atoms with Crippen LogP contribution in [0.5, 0.6) is 5.88 Å². The van der Waals surface area contributed by atoms with Crippen LogP contribution in [-0.2, 0) is 10.0 Å². The van der Waals surface area contributed by atoms with Gasteiger partial charge in [-0.1, -0.05) is 54.6 Å². The molecule has 4 aromatic rings. The molecule has 0 amide bonds. The quantitative estimate of drug-likeness (QED) is 0.531. The van der Waals surface area contributed by atoms with Crippen molar-refractivity contribution >= 4 is 31.7 Å². The lowest BCUT2D eigenvalue weighted by Gasteiger charge is -2.37. The summed E-state index contributed by atoms with van der Waals surface area (Å²) in [5, 5.41) is 2.70. The van der Waals surface area contributed by atoms with Gasteiger partial charge in [-0.3, -0.25) is 0 Å². The topological polar surface area (TPSA) is 59.5 Å². The summed E-state index contributed by atoms with van der Waals surface area (Å²) >= 11 is 0. The predicted molar refractivity (Wildman–Crippen MR) is 109 cm³/mol. The monoisotopic (exact) mass is 390 g/mol. The van der Waals surface area contributed by atoms with Crippen molar-refractivity contribution in [3.05, 3.63) is 78.9 Å².